The second kappa shape index (κ2) is 6.44. The van der Waals surface area contributed by atoms with E-state index in [1.54, 1.807) is 6.08 Å². The van der Waals surface area contributed by atoms with Crippen molar-refractivity contribution in [2.24, 2.45) is 22.2 Å². The van der Waals surface area contributed by atoms with Gasteiger partial charge in [0.25, 0.3) is 0 Å². The molecule has 0 aliphatic heterocycles. The van der Waals surface area contributed by atoms with Gasteiger partial charge in [0.1, 0.15) is 11.2 Å². The fraction of sp³-hybridized carbons (Fsp3) is 0.545. The predicted octanol–water partition coefficient (Wildman–Crippen LogP) is 5.11. The zero-order valence-corrected chi connectivity index (χ0v) is 15.9. The lowest BCUT2D eigenvalue weighted by Gasteiger charge is -2.59. The first-order valence-corrected chi connectivity index (χ1v) is 8.95. The first kappa shape index (κ1) is 19.4. The van der Waals surface area contributed by atoms with Crippen LogP contribution in [0.3, 0.4) is 0 Å². The topological polar surface area (TPSA) is 54.4 Å². The Morgan fingerprint density at radius 3 is 2.40 bits per heavy atom. The largest absolute Gasteiger partial charge is 0.511 e. The van der Waals surface area contributed by atoms with Gasteiger partial charge in [-0.15, -0.1) is 13.2 Å². The third kappa shape index (κ3) is 2.56. The molecule has 2 rings (SSSR count). The Kier molecular flexibility index (Phi) is 5.00. The van der Waals surface area contributed by atoms with Crippen LogP contribution in [0.5, 0.6) is 0 Å². The maximum Gasteiger partial charge on any atom is 0.173 e. The summed E-state index contributed by atoms with van der Waals surface area (Å²) < 4.78 is 0. The van der Waals surface area contributed by atoms with Gasteiger partial charge >= 0.3 is 0 Å². The van der Waals surface area contributed by atoms with Gasteiger partial charge in [0, 0.05) is 6.08 Å². The number of fused-ring (bicyclic) bond motifs is 2. The molecule has 2 bridgehead atoms. The SMILES string of the molecule is C=CCC1C[C@]2(CC=C(C)C)C(=O)[C@](CC=C)(C(=O)C=C2O)C1(C)C. The zero-order chi connectivity index (χ0) is 19.0. The van der Waals surface area contributed by atoms with Crippen molar-refractivity contribution in [3.8, 4) is 0 Å². The average molecular weight is 342 g/mol. The predicted molar refractivity (Wildman–Crippen MR) is 101 cm³/mol. The van der Waals surface area contributed by atoms with Crippen molar-refractivity contribution in [1.82, 2.24) is 0 Å². The second-order valence-electron chi connectivity index (χ2n) is 8.34. The van der Waals surface area contributed by atoms with E-state index in [9.17, 15) is 14.7 Å². The first-order chi connectivity index (χ1) is 11.6. The molecule has 1 unspecified atom stereocenters. The molecule has 0 radical (unpaired) electrons. The van der Waals surface area contributed by atoms with Crippen LogP contribution in [-0.4, -0.2) is 16.7 Å². The highest BCUT2D eigenvalue weighted by atomic mass is 16.3. The highest BCUT2D eigenvalue weighted by molar-refractivity contribution is 6.18. The van der Waals surface area contributed by atoms with Crippen LogP contribution in [-0.2, 0) is 9.59 Å². The molecule has 3 heteroatoms. The van der Waals surface area contributed by atoms with Crippen molar-refractivity contribution in [2.45, 2.75) is 53.4 Å². The summed E-state index contributed by atoms with van der Waals surface area (Å²) in [6.45, 7) is 15.6. The summed E-state index contributed by atoms with van der Waals surface area (Å²) >= 11 is 0. The number of aliphatic hydroxyl groups is 1. The number of Topliss-reactive ketones (excluding diaryl/α,β-unsaturated/α-hetero) is 1. The molecule has 1 fully saturated rings. The molecule has 0 heterocycles. The summed E-state index contributed by atoms with van der Waals surface area (Å²) in [6.07, 6.45) is 8.75. The van der Waals surface area contributed by atoms with E-state index in [0.717, 1.165) is 5.57 Å². The molecule has 0 aromatic heterocycles. The third-order valence-electron chi connectivity index (χ3n) is 6.48. The van der Waals surface area contributed by atoms with Crippen molar-refractivity contribution in [3.05, 3.63) is 48.8 Å². The maximum absolute atomic E-state index is 13.7. The van der Waals surface area contributed by atoms with E-state index in [4.69, 9.17) is 0 Å². The lowest BCUT2D eigenvalue weighted by molar-refractivity contribution is -0.170. The van der Waals surface area contributed by atoms with Gasteiger partial charge in [-0.25, -0.2) is 0 Å². The normalized spacial score (nSPS) is 33.4. The van der Waals surface area contributed by atoms with E-state index in [0.29, 0.717) is 25.7 Å². The van der Waals surface area contributed by atoms with Gasteiger partial charge < -0.3 is 5.11 Å². The van der Waals surface area contributed by atoms with E-state index >= 15 is 0 Å². The van der Waals surface area contributed by atoms with Crippen LogP contribution in [0.1, 0.15) is 53.4 Å². The Morgan fingerprint density at radius 2 is 1.88 bits per heavy atom. The van der Waals surface area contributed by atoms with Crippen LogP contribution >= 0.6 is 0 Å². The number of rotatable bonds is 6. The lowest BCUT2D eigenvalue weighted by Crippen LogP contribution is -2.65. The van der Waals surface area contributed by atoms with Gasteiger partial charge in [-0.05, 0) is 50.9 Å². The molecule has 0 aromatic rings. The van der Waals surface area contributed by atoms with Gasteiger partial charge in [-0.2, -0.15) is 0 Å². The fourth-order valence-corrected chi connectivity index (χ4v) is 4.76. The highest BCUT2D eigenvalue weighted by Crippen LogP contribution is 2.64. The minimum atomic E-state index is -1.16. The van der Waals surface area contributed by atoms with Gasteiger partial charge in [0.15, 0.2) is 11.6 Å². The molecule has 136 valence electrons. The lowest BCUT2D eigenvalue weighted by atomic mass is 9.41. The molecule has 2 aliphatic rings. The molecule has 2 aliphatic carbocycles. The maximum atomic E-state index is 13.7. The highest BCUT2D eigenvalue weighted by Gasteiger charge is 2.69. The Balaban J connectivity index is 2.77. The summed E-state index contributed by atoms with van der Waals surface area (Å²) in [6, 6.07) is 0. The van der Waals surface area contributed by atoms with Crippen LogP contribution in [0.4, 0.5) is 0 Å². The Morgan fingerprint density at radius 1 is 1.24 bits per heavy atom. The fourth-order valence-electron chi connectivity index (χ4n) is 4.76. The third-order valence-corrected chi connectivity index (χ3v) is 6.48. The number of hydrogen-bond donors (Lipinski definition) is 1. The van der Waals surface area contributed by atoms with Crippen molar-refractivity contribution in [3.63, 3.8) is 0 Å². The van der Waals surface area contributed by atoms with Crippen LogP contribution in [0.2, 0.25) is 0 Å². The van der Waals surface area contributed by atoms with Gasteiger partial charge in [0.05, 0.1) is 5.41 Å². The standard InChI is InChI=1S/C22H30O3/c1-7-9-16-14-21(12-10-15(3)4)17(23)13-18(24)22(11-8-2,19(21)25)20(16,5)6/h7-8,10,13,16,23H,1-2,9,11-12,14H2,3-6H3/t16?,21-,22-/m0/s1. The molecule has 0 spiro atoms. The Bertz CT molecular complexity index is 675. The van der Waals surface area contributed by atoms with Crippen LogP contribution in [0.15, 0.2) is 48.8 Å². The monoisotopic (exact) mass is 342 g/mol. The first-order valence-electron chi connectivity index (χ1n) is 8.95. The number of allylic oxidation sites excluding steroid dienone is 6. The van der Waals surface area contributed by atoms with Crippen molar-refractivity contribution < 1.29 is 14.7 Å². The molecular formula is C22H30O3. The van der Waals surface area contributed by atoms with Crippen molar-refractivity contribution >= 4 is 11.6 Å². The van der Waals surface area contributed by atoms with Crippen molar-refractivity contribution in [1.29, 1.82) is 0 Å². The number of carbonyl (C=O) groups excluding carboxylic acids is 2. The summed E-state index contributed by atoms with van der Waals surface area (Å²) in [5, 5.41) is 10.7. The van der Waals surface area contributed by atoms with E-state index in [2.05, 4.69) is 13.2 Å². The summed E-state index contributed by atoms with van der Waals surface area (Å²) in [5.74, 6) is -0.438. The quantitative estimate of drug-likeness (QED) is 0.539. The van der Waals surface area contributed by atoms with E-state index in [-0.39, 0.29) is 23.2 Å². The number of aliphatic hydroxyl groups excluding tert-OH is 1. The minimum Gasteiger partial charge on any atom is -0.511 e. The molecule has 3 nitrogen and oxygen atoms in total. The van der Waals surface area contributed by atoms with Crippen LogP contribution < -0.4 is 0 Å². The van der Waals surface area contributed by atoms with E-state index < -0.39 is 16.2 Å². The number of hydrogen-bond acceptors (Lipinski definition) is 3. The van der Waals surface area contributed by atoms with Gasteiger partial charge in [-0.3, -0.25) is 9.59 Å². The van der Waals surface area contributed by atoms with E-state index in [1.165, 1.54) is 6.08 Å². The summed E-state index contributed by atoms with van der Waals surface area (Å²) in [7, 11) is 0. The smallest absolute Gasteiger partial charge is 0.173 e. The molecule has 25 heavy (non-hydrogen) atoms. The Hall–Kier alpha value is -1.90. The van der Waals surface area contributed by atoms with Gasteiger partial charge in [0.2, 0.25) is 0 Å². The molecule has 0 amide bonds. The average Bonchev–Trinajstić information content (AvgIpc) is 2.52. The molecule has 1 N–H and O–H groups in total. The summed E-state index contributed by atoms with van der Waals surface area (Å²) in [4.78, 5) is 26.8. The van der Waals surface area contributed by atoms with Gasteiger partial charge in [-0.1, -0.05) is 37.6 Å². The molecule has 0 aromatic carbocycles. The summed E-state index contributed by atoms with van der Waals surface area (Å²) in [5.41, 5.74) is -1.62. The zero-order valence-electron chi connectivity index (χ0n) is 15.9. The Labute approximate surface area is 151 Å². The molecule has 3 atom stereocenters. The molecular weight excluding hydrogens is 312 g/mol. The molecule has 1 saturated carbocycles. The molecule has 0 saturated heterocycles. The van der Waals surface area contributed by atoms with Crippen LogP contribution in [0.25, 0.3) is 0 Å². The minimum absolute atomic E-state index is 0.0769. The number of ketones is 2. The second-order valence-corrected chi connectivity index (χ2v) is 8.34. The van der Waals surface area contributed by atoms with E-state index in [1.807, 2.05) is 39.8 Å². The van der Waals surface area contributed by atoms with Crippen molar-refractivity contribution in [2.75, 3.05) is 0 Å². The van der Waals surface area contributed by atoms with Crippen LogP contribution in [0, 0.1) is 22.2 Å². The number of carbonyl (C=O) groups is 2.